The number of anilines is 1. The molecule has 3 rings (SSSR count). The molecule has 0 spiro atoms. The van der Waals surface area contributed by atoms with Crippen LogP contribution in [0.5, 0.6) is 5.75 Å². The van der Waals surface area contributed by atoms with E-state index in [0.717, 1.165) is 5.56 Å². The van der Waals surface area contributed by atoms with E-state index in [0.29, 0.717) is 24.6 Å². The molecule has 0 saturated carbocycles. The van der Waals surface area contributed by atoms with Crippen LogP contribution in [0.1, 0.15) is 15.9 Å². The maximum atomic E-state index is 13.7. The van der Waals surface area contributed by atoms with Crippen molar-refractivity contribution in [1.82, 2.24) is 5.32 Å². The number of ether oxygens (including phenoxy) is 2. The maximum absolute atomic E-state index is 13.7. The van der Waals surface area contributed by atoms with Crippen molar-refractivity contribution in [1.29, 1.82) is 0 Å². The lowest BCUT2D eigenvalue weighted by atomic mass is 10.2. The highest BCUT2D eigenvalue weighted by molar-refractivity contribution is 7.92. The van der Waals surface area contributed by atoms with E-state index in [1.54, 1.807) is 50.6 Å². The average molecular weight is 455 g/mol. The zero-order valence-electron chi connectivity index (χ0n) is 18.0. The summed E-state index contributed by atoms with van der Waals surface area (Å²) in [7, 11) is -0.871. The third kappa shape index (κ3) is 5.66. The molecule has 3 aromatic carbocycles. The highest BCUT2D eigenvalue weighted by Gasteiger charge is 2.26. The first-order valence-electron chi connectivity index (χ1n) is 10.0. The third-order valence-electron chi connectivity index (χ3n) is 4.81. The summed E-state index contributed by atoms with van der Waals surface area (Å²) in [6.07, 6.45) is 0. The topological polar surface area (TPSA) is 84.9 Å². The summed E-state index contributed by atoms with van der Waals surface area (Å²) in [5.41, 5.74) is 1.58. The van der Waals surface area contributed by atoms with Gasteiger partial charge in [0.15, 0.2) is 0 Å². The summed E-state index contributed by atoms with van der Waals surface area (Å²) in [6, 6.07) is 22.2. The number of hydrogen-bond acceptors (Lipinski definition) is 5. The van der Waals surface area contributed by atoms with Gasteiger partial charge in [-0.15, -0.1) is 0 Å². The quantitative estimate of drug-likeness (QED) is 0.474. The fraction of sp³-hybridized carbons (Fsp3) is 0.208. The molecule has 32 heavy (non-hydrogen) atoms. The summed E-state index contributed by atoms with van der Waals surface area (Å²) in [5, 5.41) is 2.71. The monoisotopic (exact) mass is 454 g/mol. The zero-order chi connectivity index (χ0) is 23.0. The molecule has 3 aromatic rings. The van der Waals surface area contributed by atoms with Crippen LogP contribution in [0.2, 0.25) is 0 Å². The Kier molecular flexibility index (Phi) is 7.86. The van der Waals surface area contributed by atoms with Crippen LogP contribution in [0.15, 0.2) is 83.8 Å². The van der Waals surface area contributed by atoms with Crippen LogP contribution in [0.3, 0.4) is 0 Å². The van der Waals surface area contributed by atoms with Crippen LogP contribution < -0.4 is 14.4 Å². The molecular weight excluding hydrogens is 428 g/mol. The van der Waals surface area contributed by atoms with Gasteiger partial charge in [-0.2, -0.15) is 0 Å². The van der Waals surface area contributed by atoms with Crippen molar-refractivity contribution < 1.29 is 22.7 Å². The van der Waals surface area contributed by atoms with Gasteiger partial charge in [0.25, 0.3) is 15.9 Å². The van der Waals surface area contributed by atoms with Gasteiger partial charge in [0.05, 0.1) is 30.8 Å². The first kappa shape index (κ1) is 23.3. The van der Waals surface area contributed by atoms with Gasteiger partial charge in [-0.1, -0.05) is 36.4 Å². The first-order valence-corrected chi connectivity index (χ1v) is 11.5. The lowest BCUT2D eigenvalue weighted by molar-refractivity contribution is 0.0937. The molecule has 0 bridgehead atoms. The highest BCUT2D eigenvalue weighted by Crippen LogP contribution is 2.28. The molecule has 1 amide bonds. The van der Waals surface area contributed by atoms with Crippen LogP contribution in [0.4, 0.5) is 5.69 Å². The smallest absolute Gasteiger partial charge is 0.264 e. The number of benzene rings is 3. The fourth-order valence-electron chi connectivity index (χ4n) is 3.11. The van der Waals surface area contributed by atoms with Crippen LogP contribution in [-0.2, 0) is 21.3 Å². The molecule has 0 fully saturated rings. The van der Waals surface area contributed by atoms with Gasteiger partial charge < -0.3 is 14.8 Å². The van der Waals surface area contributed by atoms with Crippen molar-refractivity contribution in [3.05, 3.63) is 90.0 Å². The largest absolute Gasteiger partial charge is 0.497 e. The standard InChI is InChI=1S/C24H26N2O5S/c1-30-16-15-25-24(27)20-9-6-10-23(17-20)32(28,29)26(18-19-7-4-3-5-8-19)21-11-13-22(31-2)14-12-21/h3-14,17H,15-16,18H2,1-2H3,(H,25,27). The summed E-state index contributed by atoms with van der Waals surface area (Å²) < 4.78 is 38.8. The Labute approximate surface area is 188 Å². The molecule has 0 saturated heterocycles. The predicted octanol–water partition coefficient (Wildman–Crippen LogP) is 3.47. The molecule has 0 aliphatic heterocycles. The summed E-state index contributed by atoms with van der Waals surface area (Å²) in [5.74, 6) is 0.263. The maximum Gasteiger partial charge on any atom is 0.264 e. The van der Waals surface area contributed by atoms with Gasteiger partial charge in [0.1, 0.15) is 5.75 Å². The number of methoxy groups -OCH3 is 2. The van der Waals surface area contributed by atoms with Gasteiger partial charge in [0.2, 0.25) is 0 Å². The predicted molar refractivity (Wildman–Crippen MR) is 123 cm³/mol. The number of nitrogens with zero attached hydrogens (tertiary/aromatic N) is 1. The second kappa shape index (κ2) is 10.8. The van der Waals surface area contributed by atoms with Crippen molar-refractivity contribution in [3.8, 4) is 5.75 Å². The molecule has 0 aliphatic carbocycles. The van der Waals surface area contributed by atoms with Crippen molar-refractivity contribution in [3.63, 3.8) is 0 Å². The van der Waals surface area contributed by atoms with Crippen LogP contribution in [0, 0.1) is 0 Å². The lowest BCUT2D eigenvalue weighted by Gasteiger charge is -2.25. The van der Waals surface area contributed by atoms with E-state index in [2.05, 4.69) is 5.32 Å². The van der Waals surface area contributed by atoms with Crippen molar-refractivity contribution in [2.24, 2.45) is 0 Å². The zero-order valence-corrected chi connectivity index (χ0v) is 18.8. The Morgan fingerprint density at radius 2 is 1.66 bits per heavy atom. The van der Waals surface area contributed by atoms with Gasteiger partial charge in [-0.25, -0.2) is 8.42 Å². The Hall–Kier alpha value is -3.36. The second-order valence-corrected chi connectivity index (χ2v) is 8.83. The fourth-order valence-corrected chi connectivity index (χ4v) is 4.61. The van der Waals surface area contributed by atoms with E-state index in [4.69, 9.17) is 9.47 Å². The number of rotatable bonds is 10. The Balaban J connectivity index is 1.97. The number of carbonyl (C=O) groups is 1. The van der Waals surface area contributed by atoms with Crippen LogP contribution in [-0.4, -0.2) is 41.7 Å². The summed E-state index contributed by atoms with van der Waals surface area (Å²) in [4.78, 5) is 12.4. The average Bonchev–Trinajstić information content (AvgIpc) is 2.83. The molecule has 7 nitrogen and oxygen atoms in total. The van der Waals surface area contributed by atoms with E-state index in [-0.39, 0.29) is 22.9 Å². The molecule has 0 atom stereocenters. The SMILES string of the molecule is COCCNC(=O)c1cccc(S(=O)(=O)N(Cc2ccccc2)c2ccc(OC)cc2)c1. The molecule has 8 heteroatoms. The molecule has 0 aliphatic rings. The van der Waals surface area contributed by atoms with E-state index < -0.39 is 10.0 Å². The Morgan fingerprint density at radius 1 is 0.938 bits per heavy atom. The number of amides is 1. The highest BCUT2D eigenvalue weighted by atomic mass is 32.2. The molecular formula is C24H26N2O5S. The second-order valence-electron chi connectivity index (χ2n) is 6.97. The molecule has 1 N–H and O–H groups in total. The number of sulfonamides is 1. The molecule has 0 aromatic heterocycles. The third-order valence-corrected chi connectivity index (χ3v) is 6.58. The minimum Gasteiger partial charge on any atom is -0.497 e. The van der Waals surface area contributed by atoms with Crippen molar-refractivity contribution >= 4 is 21.6 Å². The van der Waals surface area contributed by atoms with E-state index >= 15 is 0 Å². The number of nitrogens with one attached hydrogen (secondary N) is 1. The minimum absolute atomic E-state index is 0.0311. The normalized spacial score (nSPS) is 11.1. The van der Waals surface area contributed by atoms with Gasteiger partial charge >= 0.3 is 0 Å². The van der Waals surface area contributed by atoms with Gasteiger partial charge in [-0.05, 0) is 48.0 Å². The molecule has 168 valence electrons. The van der Waals surface area contributed by atoms with E-state index in [1.807, 2.05) is 30.3 Å². The number of hydrogen-bond donors (Lipinski definition) is 1. The molecule has 0 radical (unpaired) electrons. The summed E-state index contributed by atoms with van der Waals surface area (Å²) in [6.45, 7) is 0.837. The number of carbonyl (C=O) groups excluding carboxylic acids is 1. The Morgan fingerprint density at radius 3 is 2.31 bits per heavy atom. The van der Waals surface area contributed by atoms with Crippen LogP contribution in [0.25, 0.3) is 0 Å². The van der Waals surface area contributed by atoms with E-state index in [1.165, 1.54) is 16.4 Å². The van der Waals surface area contributed by atoms with Crippen molar-refractivity contribution in [2.75, 3.05) is 31.7 Å². The van der Waals surface area contributed by atoms with Gasteiger partial charge in [-0.3, -0.25) is 9.10 Å². The molecule has 0 heterocycles. The minimum atomic E-state index is -3.97. The van der Waals surface area contributed by atoms with Gasteiger partial charge in [0, 0.05) is 19.2 Å². The first-order chi connectivity index (χ1) is 15.5. The molecule has 0 unspecified atom stereocenters. The van der Waals surface area contributed by atoms with E-state index in [9.17, 15) is 13.2 Å². The Bertz CT molecular complexity index is 1130. The summed E-state index contributed by atoms with van der Waals surface area (Å²) >= 11 is 0. The lowest BCUT2D eigenvalue weighted by Crippen LogP contribution is -2.31. The van der Waals surface area contributed by atoms with Crippen LogP contribution >= 0.6 is 0 Å². The van der Waals surface area contributed by atoms with Crippen molar-refractivity contribution in [2.45, 2.75) is 11.4 Å².